The fourth-order valence-corrected chi connectivity index (χ4v) is 3.53. The molecule has 0 radical (unpaired) electrons. The van der Waals surface area contributed by atoms with Crippen molar-refractivity contribution >= 4 is 5.91 Å². The van der Waals surface area contributed by atoms with Gasteiger partial charge >= 0.3 is 0 Å². The molecule has 2 saturated heterocycles. The monoisotopic (exact) mass is 297 g/mol. The molecule has 2 rings (SSSR count). The summed E-state index contributed by atoms with van der Waals surface area (Å²) < 4.78 is 0. The van der Waals surface area contributed by atoms with Crippen LogP contribution in [0.1, 0.15) is 39.5 Å². The minimum Gasteiger partial charge on any atom is -0.392 e. The van der Waals surface area contributed by atoms with Gasteiger partial charge in [0.1, 0.15) is 0 Å². The molecule has 0 saturated carbocycles. The van der Waals surface area contributed by atoms with Gasteiger partial charge in [0, 0.05) is 38.6 Å². The van der Waals surface area contributed by atoms with Gasteiger partial charge in [0.15, 0.2) is 0 Å². The minimum atomic E-state index is -0.295. The number of amides is 1. The van der Waals surface area contributed by atoms with Gasteiger partial charge in [-0.15, -0.1) is 0 Å². The van der Waals surface area contributed by atoms with Gasteiger partial charge in [-0.1, -0.05) is 6.92 Å². The molecule has 0 spiro atoms. The summed E-state index contributed by atoms with van der Waals surface area (Å²) >= 11 is 0. The highest BCUT2D eigenvalue weighted by Gasteiger charge is 2.29. The van der Waals surface area contributed by atoms with E-state index in [2.05, 4.69) is 17.1 Å². The Morgan fingerprint density at radius 2 is 2.24 bits per heavy atom. The molecule has 122 valence electrons. The zero-order chi connectivity index (χ0) is 15.2. The van der Waals surface area contributed by atoms with Gasteiger partial charge in [0.05, 0.1) is 6.10 Å². The molecule has 21 heavy (non-hydrogen) atoms. The lowest BCUT2D eigenvalue weighted by atomic mass is 10.0. The molecular weight excluding hydrogens is 266 g/mol. The van der Waals surface area contributed by atoms with Crippen molar-refractivity contribution in [2.24, 2.45) is 5.92 Å². The highest BCUT2D eigenvalue weighted by atomic mass is 16.3. The normalized spacial score (nSPS) is 28.8. The summed E-state index contributed by atoms with van der Waals surface area (Å²) in [5.41, 5.74) is 0. The minimum absolute atomic E-state index is 0.295. The van der Waals surface area contributed by atoms with Crippen molar-refractivity contribution in [1.82, 2.24) is 15.1 Å². The van der Waals surface area contributed by atoms with Gasteiger partial charge < -0.3 is 15.3 Å². The summed E-state index contributed by atoms with van der Waals surface area (Å²) in [4.78, 5) is 16.7. The second kappa shape index (κ2) is 8.11. The van der Waals surface area contributed by atoms with E-state index in [1.54, 1.807) is 0 Å². The van der Waals surface area contributed by atoms with Crippen molar-refractivity contribution in [2.45, 2.75) is 51.7 Å². The average Bonchev–Trinajstić information content (AvgIpc) is 2.98. The zero-order valence-corrected chi connectivity index (χ0v) is 13.6. The van der Waals surface area contributed by atoms with Gasteiger partial charge in [-0.25, -0.2) is 0 Å². The third kappa shape index (κ3) is 4.94. The van der Waals surface area contributed by atoms with E-state index >= 15 is 0 Å². The number of β-amino-alcohol motifs (C(OH)–C–C–N with tert-alkyl or cyclic N) is 1. The molecule has 5 nitrogen and oxygen atoms in total. The number of nitrogens with zero attached hydrogens (tertiary/aromatic N) is 2. The standard InChI is InChI=1S/C16H31N3O2/c1-3-15-12-19(9-8-18(15)11-13(2)20)16(21)5-4-14-6-7-17-10-14/h13-15,17,20H,3-12H2,1-2H3. The van der Waals surface area contributed by atoms with Gasteiger partial charge in [0.2, 0.25) is 5.91 Å². The zero-order valence-electron chi connectivity index (χ0n) is 13.6. The van der Waals surface area contributed by atoms with Gasteiger partial charge in [-0.05, 0) is 45.2 Å². The second-order valence-electron chi connectivity index (χ2n) is 6.64. The first-order valence-electron chi connectivity index (χ1n) is 8.50. The highest BCUT2D eigenvalue weighted by Crippen LogP contribution is 2.18. The average molecular weight is 297 g/mol. The van der Waals surface area contributed by atoms with Crippen LogP contribution in [0.2, 0.25) is 0 Å². The molecule has 3 unspecified atom stereocenters. The maximum atomic E-state index is 12.4. The number of piperazine rings is 1. The Bertz CT molecular complexity index is 329. The summed E-state index contributed by atoms with van der Waals surface area (Å²) in [6.07, 6.45) is 3.67. The van der Waals surface area contributed by atoms with Gasteiger partial charge in [-0.2, -0.15) is 0 Å². The highest BCUT2D eigenvalue weighted by molar-refractivity contribution is 5.76. The Labute approximate surface area is 128 Å². The van der Waals surface area contributed by atoms with Crippen LogP contribution in [0.3, 0.4) is 0 Å². The maximum absolute atomic E-state index is 12.4. The van der Waals surface area contributed by atoms with Crippen molar-refractivity contribution in [1.29, 1.82) is 0 Å². The summed E-state index contributed by atoms with van der Waals surface area (Å²) in [7, 11) is 0. The number of hydrogen-bond acceptors (Lipinski definition) is 4. The van der Waals surface area contributed by atoms with Gasteiger partial charge in [0.25, 0.3) is 0 Å². The summed E-state index contributed by atoms with van der Waals surface area (Å²) in [5.74, 6) is 1.00. The second-order valence-corrected chi connectivity index (χ2v) is 6.64. The van der Waals surface area contributed by atoms with Crippen LogP contribution in [-0.2, 0) is 4.79 Å². The predicted molar refractivity (Wildman–Crippen MR) is 84.1 cm³/mol. The van der Waals surface area contributed by atoms with Crippen molar-refractivity contribution < 1.29 is 9.90 Å². The first kappa shape index (κ1) is 16.7. The molecule has 3 atom stereocenters. The Balaban J connectivity index is 1.77. The quantitative estimate of drug-likeness (QED) is 0.757. The predicted octanol–water partition coefficient (Wildman–Crippen LogP) is 0.680. The largest absolute Gasteiger partial charge is 0.392 e. The molecule has 2 aliphatic rings. The van der Waals surface area contributed by atoms with E-state index in [1.165, 1.54) is 6.42 Å². The summed E-state index contributed by atoms with van der Waals surface area (Å²) in [6.45, 7) is 9.42. The van der Waals surface area contributed by atoms with Crippen LogP contribution in [0.25, 0.3) is 0 Å². The van der Waals surface area contributed by atoms with E-state index < -0.39 is 0 Å². The number of nitrogens with one attached hydrogen (secondary N) is 1. The van der Waals surface area contributed by atoms with Crippen LogP contribution < -0.4 is 5.32 Å². The van der Waals surface area contributed by atoms with E-state index in [0.29, 0.717) is 30.8 Å². The first-order chi connectivity index (χ1) is 10.1. The number of aliphatic hydroxyl groups is 1. The van der Waals surface area contributed by atoms with Crippen molar-refractivity contribution in [3.8, 4) is 0 Å². The molecule has 0 aromatic heterocycles. The Kier molecular flexibility index (Phi) is 6.45. The fourth-order valence-electron chi connectivity index (χ4n) is 3.53. The third-order valence-electron chi connectivity index (χ3n) is 4.86. The maximum Gasteiger partial charge on any atom is 0.222 e. The topological polar surface area (TPSA) is 55.8 Å². The number of carbonyl (C=O) groups is 1. The van der Waals surface area contributed by atoms with Gasteiger partial charge in [-0.3, -0.25) is 9.69 Å². The van der Waals surface area contributed by atoms with E-state index in [1.807, 2.05) is 11.8 Å². The smallest absolute Gasteiger partial charge is 0.222 e. The van der Waals surface area contributed by atoms with E-state index in [9.17, 15) is 9.90 Å². The number of rotatable bonds is 6. The molecule has 2 heterocycles. The molecule has 2 N–H and O–H groups in total. The van der Waals surface area contributed by atoms with E-state index in [-0.39, 0.29) is 6.10 Å². The lowest BCUT2D eigenvalue weighted by Crippen LogP contribution is -2.55. The number of aliphatic hydroxyl groups excluding tert-OH is 1. The summed E-state index contributed by atoms with van der Waals surface area (Å²) in [5, 5.41) is 12.9. The van der Waals surface area contributed by atoms with Crippen LogP contribution in [0, 0.1) is 5.92 Å². The van der Waals surface area contributed by atoms with Crippen molar-refractivity contribution in [2.75, 3.05) is 39.3 Å². The first-order valence-corrected chi connectivity index (χ1v) is 8.50. The number of hydrogen-bond donors (Lipinski definition) is 2. The lowest BCUT2D eigenvalue weighted by molar-refractivity contribution is -0.134. The number of carbonyl (C=O) groups excluding carboxylic acids is 1. The molecule has 2 fully saturated rings. The molecule has 2 aliphatic heterocycles. The van der Waals surface area contributed by atoms with Crippen LogP contribution in [0.5, 0.6) is 0 Å². The molecule has 1 amide bonds. The molecule has 0 aliphatic carbocycles. The molecule has 0 aromatic carbocycles. The fraction of sp³-hybridized carbons (Fsp3) is 0.938. The van der Waals surface area contributed by atoms with Crippen LogP contribution in [-0.4, -0.2) is 72.2 Å². The van der Waals surface area contributed by atoms with E-state index in [4.69, 9.17) is 0 Å². The van der Waals surface area contributed by atoms with Crippen molar-refractivity contribution in [3.63, 3.8) is 0 Å². The Morgan fingerprint density at radius 1 is 1.43 bits per heavy atom. The van der Waals surface area contributed by atoms with Crippen LogP contribution >= 0.6 is 0 Å². The Morgan fingerprint density at radius 3 is 2.86 bits per heavy atom. The SMILES string of the molecule is CCC1CN(C(=O)CCC2CCNC2)CCN1CC(C)O. The third-order valence-corrected chi connectivity index (χ3v) is 4.86. The summed E-state index contributed by atoms with van der Waals surface area (Å²) in [6, 6.07) is 0.394. The molecular formula is C16H31N3O2. The van der Waals surface area contributed by atoms with Crippen LogP contribution in [0.4, 0.5) is 0 Å². The molecule has 0 aromatic rings. The molecule has 0 bridgehead atoms. The Hall–Kier alpha value is -0.650. The van der Waals surface area contributed by atoms with Crippen LogP contribution in [0.15, 0.2) is 0 Å². The lowest BCUT2D eigenvalue weighted by Gasteiger charge is -2.41. The molecule has 5 heteroatoms. The van der Waals surface area contributed by atoms with E-state index in [0.717, 1.165) is 45.6 Å². The van der Waals surface area contributed by atoms with Crippen molar-refractivity contribution in [3.05, 3.63) is 0 Å².